The Balaban J connectivity index is 1.48. The third-order valence-electron chi connectivity index (χ3n) is 4.24. The Labute approximate surface area is 144 Å². The molecule has 0 bridgehead atoms. The molecule has 1 unspecified atom stereocenters. The van der Waals surface area contributed by atoms with Crippen molar-refractivity contribution in [2.24, 2.45) is 0 Å². The largest absolute Gasteiger partial charge is 0.354 e. The van der Waals surface area contributed by atoms with E-state index in [-0.39, 0.29) is 11.9 Å². The fourth-order valence-corrected chi connectivity index (χ4v) is 3.28. The number of nitrogens with one attached hydrogen (secondary N) is 1. The molecule has 1 saturated heterocycles. The number of fused-ring (bicyclic) bond motifs is 1. The van der Waals surface area contributed by atoms with E-state index < -0.39 is 0 Å². The molecule has 122 valence electrons. The van der Waals surface area contributed by atoms with E-state index in [1.807, 2.05) is 28.8 Å². The number of hydrogen-bond donors (Lipinski definition) is 1. The second kappa shape index (κ2) is 6.13. The molecule has 7 heteroatoms. The molecule has 0 aliphatic carbocycles. The molecule has 24 heavy (non-hydrogen) atoms. The van der Waals surface area contributed by atoms with Gasteiger partial charge < -0.3 is 10.2 Å². The molecule has 1 aromatic carbocycles. The lowest BCUT2D eigenvalue weighted by Gasteiger charge is -2.19. The maximum absolute atomic E-state index is 12.4. The van der Waals surface area contributed by atoms with Crippen molar-refractivity contribution in [3.05, 3.63) is 59.4 Å². The van der Waals surface area contributed by atoms with E-state index >= 15 is 0 Å². The Kier molecular flexibility index (Phi) is 3.82. The van der Waals surface area contributed by atoms with Gasteiger partial charge in [-0.2, -0.15) is 9.61 Å². The normalized spacial score (nSPS) is 17.4. The van der Waals surface area contributed by atoms with Crippen LogP contribution < -0.4 is 10.2 Å². The van der Waals surface area contributed by atoms with Gasteiger partial charge in [-0.05, 0) is 24.6 Å². The zero-order valence-electron chi connectivity index (χ0n) is 12.9. The van der Waals surface area contributed by atoms with E-state index in [1.54, 1.807) is 24.5 Å². The van der Waals surface area contributed by atoms with E-state index in [1.165, 1.54) is 0 Å². The summed E-state index contributed by atoms with van der Waals surface area (Å²) in [7, 11) is 0. The van der Waals surface area contributed by atoms with Gasteiger partial charge in [-0.1, -0.05) is 23.7 Å². The summed E-state index contributed by atoms with van der Waals surface area (Å²) in [6, 6.07) is 11.0. The lowest BCUT2D eigenvalue weighted by atomic mass is 10.2. The van der Waals surface area contributed by atoms with Crippen LogP contribution in [0.15, 0.2) is 48.8 Å². The lowest BCUT2D eigenvalue weighted by Crippen LogP contribution is -2.37. The van der Waals surface area contributed by atoms with Gasteiger partial charge in [0.2, 0.25) is 0 Å². The Morgan fingerprint density at radius 1 is 1.21 bits per heavy atom. The molecule has 0 spiro atoms. The minimum atomic E-state index is -0.133. The quantitative estimate of drug-likeness (QED) is 0.794. The van der Waals surface area contributed by atoms with Gasteiger partial charge in [0.1, 0.15) is 5.82 Å². The molecule has 1 aliphatic rings. The van der Waals surface area contributed by atoms with E-state index in [9.17, 15) is 4.79 Å². The third-order valence-corrected chi connectivity index (χ3v) is 4.57. The van der Waals surface area contributed by atoms with E-state index in [4.69, 9.17) is 11.6 Å². The average Bonchev–Trinajstić information content (AvgIpc) is 3.23. The number of aromatic nitrogens is 3. The second-order valence-corrected chi connectivity index (χ2v) is 6.20. The van der Waals surface area contributed by atoms with Crippen LogP contribution in [0.1, 0.15) is 16.8 Å². The van der Waals surface area contributed by atoms with Gasteiger partial charge in [0, 0.05) is 31.4 Å². The smallest absolute Gasteiger partial charge is 0.253 e. The average molecular weight is 342 g/mol. The van der Waals surface area contributed by atoms with Crippen molar-refractivity contribution >= 4 is 29.0 Å². The summed E-state index contributed by atoms with van der Waals surface area (Å²) in [4.78, 5) is 18.9. The third kappa shape index (κ3) is 2.69. The molecule has 3 heterocycles. The predicted molar refractivity (Wildman–Crippen MR) is 92.5 cm³/mol. The number of amides is 1. The molecular weight excluding hydrogens is 326 g/mol. The van der Waals surface area contributed by atoms with Crippen LogP contribution in [0.3, 0.4) is 0 Å². The summed E-state index contributed by atoms with van der Waals surface area (Å²) < 4.78 is 1.82. The summed E-state index contributed by atoms with van der Waals surface area (Å²) >= 11 is 6.09. The first-order chi connectivity index (χ1) is 11.7. The summed E-state index contributed by atoms with van der Waals surface area (Å²) in [5.74, 6) is 0.853. The van der Waals surface area contributed by atoms with Crippen LogP contribution in [-0.2, 0) is 0 Å². The van der Waals surface area contributed by atoms with Crippen molar-refractivity contribution in [3.63, 3.8) is 0 Å². The highest BCUT2D eigenvalue weighted by Gasteiger charge is 2.26. The Morgan fingerprint density at radius 2 is 2.08 bits per heavy atom. The summed E-state index contributed by atoms with van der Waals surface area (Å²) in [6.07, 6.45) is 4.39. The molecule has 1 N–H and O–H groups in total. The zero-order chi connectivity index (χ0) is 16.5. The summed E-state index contributed by atoms with van der Waals surface area (Å²) in [5, 5.41) is 7.85. The van der Waals surface area contributed by atoms with Crippen LogP contribution >= 0.6 is 11.6 Å². The van der Waals surface area contributed by atoms with Gasteiger partial charge in [-0.25, -0.2) is 4.98 Å². The van der Waals surface area contributed by atoms with Crippen molar-refractivity contribution in [1.29, 1.82) is 0 Å². The number of benzene rings is 1. The molecule has 3 aromatic rings. The maximum atomic E-state index is 12.4. The van der Waals surface area contributed by atoms with Crippen LogP contribution in [0.25, 0.3) is 5.65 Å². The first kappa shape index (κ1) is 15.0. The number of nitrogens with zero attached hydrogens (tertiary/aromatic N) is 4. The highest BCUT2D eigenvalue weighted by Crippen LogP contribution is 2.21. The fourth-order valence-electron chi connectivity index (χ4n) is 3.06. The highest BCUT2D eigenvalue weighted by atomic mass is 35.5. The van der Waals surface area contributed by atoms with E-state index in [0.717, 1.165) is 31.0 Å². The number of rotatable bonds is 3. The number of anilines is 1. The SMILES string of the molecule is O=C(NC1CCN(c2ccnc3ccnn23)C1)c1ccccc1Cl. The molecule has 4 rings (SSSR count). The van der Waals surface area contributed by atoms with Gasteiger partial charge >= 0.3 is 0 Å². The predicted octanol–water partition coefficient (Wildman–Crippen LogP) is 2.39. The molecule has 2 aromatic heterocycles. The lowest BCUT2D eigenvalue weighted by molar-refractivity contribution is 0.0940. The van der Waals surface area contributed by atoms with Crippen LogP contribution in [0.5, 0.6) is 0 Å². The molecule has 1 aliphatic heterocycles. The minimum absolute atomic E-state index is 0.0764. The number of carbonyl (C=O) groups is 1. The van der Waals surface area contributed by atoms with Crippen LogP contribution in [0, 0.1) is 0 Å². The van der Waals surface area contributed by atoms with Gasteiger partial charge in [0.25, 0.3) is 5.91 Å². The standard InChI is InChI=1S/C17H16ClN5O/c18-14-4-2-1-3-13(14)17(24)21-12-7-10-22(11-12)16-6-8-19-15-5-9-20-23(15)16/h1-6,8-9,12H,7,10-11H2,(H,21,24). The van der Waals surface area contributed by atoms with Gasteiger partial charge in [-0.15, -0.1) is 0 Å². The molecule has 0 saturated carbocycles. The highest BCUT2D eigenvalue weighted by molar-refractivity contribution is 6.33. The van der Waals surface area contributed by atoms with Crippen molar-refractivity contribution in [1.82, 2.24) is 19.9 Å². The molecule has 6 nitrogen and oxygen atoms in total. The van der Waals surface area contributed by atoms with Crippen molar-refractivity contribution in [2.75, 3.05) is 18.0 Å². The number of carbonyl (C=O) groups excluding carboxylic acids is 1. The minimum Gasteiger partial charge on any atom is -0.354 e. The van der Waals surface area contributed by atoms with Gasteiger partial charge in [-0.3, -0.25) is 4.79 Å². The first-order valence-corrected chi connectivity index (χ1v) is 8.19. The molecule has 1 amide bonds. The van der Waals surface area contributed by atoms with Gasteiger partial charge in [0.15, 0.2) is 5.65 Å². The van der Waals surface area contributed by atoms with Crippen molar-refractivity contribution in [3.8, 4) is 0 Å². The van der Waals surface area contributed by atoms with Crippen molar-refractivity contribution < 1.29 is 4.79 Å². The number of halogens is 1. The van der Waals surface area contributed by atoms with Crippen LogP contribution in [0.2, 0.25) is 5.02 Å². The monoisotopic (exact) mass is 341 g/mol. The number of hydrogen-bond acceptors (Lipinski definition) is 4. The maximum Gasteiger partial charge on any atom is 0.253 e. The molecular formula is C17H16ClN5O. The van der Waals surface area contributed by atoms with E-state index in [2.05, 4.69) is 20.3 Å². The summed E-state index contributed by atoms with van der Waals surface area (Å²) in [6.45, 7) is 1.58. The Bertz CT molecular complexity index is 893. The molecule has 1 fully saturated rings. The second-order valence-electron chi connectivity index (χ2n) is 5.79. The van der Waals surface area contributed by atoms with Crippen LogP contribution in [-0.4, -0.2) is 39.6 Å². The summed E-state index contributed by atoms with van der Waals surface area (Å²) in [5.41, 5.74) is 1.33. The van der Waals surface area contributed by atoms with E-state index in [0.29, 0.717) is 10.6 Å². The zero-order valence-corrected chi connectivity index (χ0v) is 13.6. The van der Waals surface area contributed by atoms with Crippen molar-refractivity contribution in [2.45, 2.75) is 12.5 Å². The fraction of sp³-hybridized carbons (Fsp3) is 0.235. The Morgan fingerprint density at radius 3 is 2.96 bits per heavy atom. The topological polar surface area (TPSA) is 62.5 Å². The van der Waals surface area contributed by atoms with Crippen LogP contribution in [0.4, 0.5) is 5.82 Å². The first-order valence-electron chi connectivity index (χ1n) is 7.81. The Hall–Kier alpha value is -2.60. The molecule has 0 radical (unpaired) electrons. The van der Waals surface area contributed by atoms with Gasteiger partial charge in [0.05, 0.1) is 16.8 Å². The molecule has 1 atom stereocenters.